The fraction of sp³-hybridized carbons (Fsp3) is 0.433. The van der Waals surface area contributed by atoms with Gasteiger partial charge >= 0.3 is 5.97 Å². The Morgan fingerprint density at radius 1 is 1.05 bits per heavy atom. The number of carbonyl (C=O) groups is 2. The summed E-state index contributed by atoms with van der Waals surface area (Å²) < 4.78 is 20.1. The van der Waals surface area contributed by atoms with Gasteiger partial charge in [-0.25, -0.2) is 4.79 Å². The molecular formula is C30H29NO6S2. The summed E-state index contributed by atoms with van der Waals surface area (Å²) in [5.41, 5.74) is 0.674. The molecule has 4 aliphatic rings. The maximum absolute atomic E-state index is 13.3. The number of carbonyl (C=O) groups excluding carboxylic acids is 2. The van der Waals surface area contributed by atoms with Gasteiger partial charge in [-0.1, -0.05) is 12.8 Å². The van der Waals surface area contributed by atoms with Gasteiger partial charge in [-0.2, -0.15) is 0 Å². The summed E-state index contributed by atoms with van der Waals surface area (Å²) in [6, 6.07) is 8.51. The number of esters is 1. The lowest BCUT2D eigenvalue weighted by atomic mass is 9.95. The molecule has 7 nitrogen and oxygen atoms in total. The highest BCUT2D eigenvalue weighted by Gasteiger charge is 2.42. The number of furan rings is 1. The molecule has 3 aliphatic carbocycles. The number of hydrogen-bond donors (Lipinski definition) is 1. The van der Waals surface area contributed by atoms with Crippen molar-refractivity contribution in [3.05, 3.63) is 55.6 Å². The number of fused-ring (bicyclic) bond motifs is 3. The molecule has 202 valence electrons. The third kappa shape index (κ3) is 4.45. The lowest BCUT2D eigenvalue weighted by Gasteiger charge is -2.24. The van der Waals surface area contributed by atoms with Crippen LogP contribution in [0.1, 0.15) is 79.1 Å². The minimum Gasteiger partial charge on any atom is -0.493 e. The summed E-state index contributed by atoms with van der Waals surface area (Å²) in [6.45, 7) is 0. The van der Waals surface area contributed by atoms with Crippen molar-refractivity contribution in [1.82, 2.24) is 4.57 Å². The third-order valence-electron chi connectivity index (χ3n) is 8.71. The molecule has 3 fully saturated rings. The predicted molar refractivity (Wildman–Crippen MR) is 148 cm³/mol. The molecule has 3 heterocycles. The van der Waals surface area contributed by atoms with E-state index in [4.69, 9.17) is 26.1 Å². The minimum absolute atomic E-state index is 0.125. The molecule has 0 amide bonds. The van der Waals surface area contributed by atoms with Crippen molar-refractivity contribution in [2.75, 3.05) is 0 Å². The van der Waals surface area contributed by atoms with E-state index in [-0.39, 0.29) is 34.8 Å². The first-order valence-electron chi connectivity index (χ1n) is 13.8. The number of ketones is 1. The van der Waals surface area contributed by atoms with Crippen LogP contribution >= 0.6 is 23.6 Å². The van der Waals surface area contributed by atoms with Crippen LogP contribution in [-0.2, 0) is 4.79 Å². The molecule has 0 saturated heterocycles. The summed E-state index contributed by atoms with van der Waals surface area (Å²) >= 11 is 6.95. The van der Waals surface area contributed by atoms with Crippen molar-refractivity contribution in [2.24, 2.45) is 11.8 Å². The molecule has 1 N–H and O–H groups in total. The molecule has 3 unspecified atom stereocenters. The number of aromatic nitrogens is 1. The molecule has 2 aromatic heterocycles. The summed E-state index contributed by atoms with van der Waals surface area (Å²) in [5, 5.41) is 11.0. The number of nitrogens with zero attached hydrogens (tertiary/aromatic N) is 1. The monoisotopic (exact) mass is 563 g/mol. The van der Waals surface area contributed by atoms with Crippen LogP contribution in [0.2, 0.25) is 0 Å². The maximum Gasteiger partial charge on any atom is 0.351 e. The summed E-state index contributed by atoms with van der Waals surface area (Å²) in [6.07, 6.45) is 12.1. The molecule has 3 aromatic rings. The molecule has 39 heavy (non-hydrogen) atoms. The zero-order valence-corrected chi connectivity index (χ0v) is 23.0. The van der Waals surface area contributed by atoms with Gasteiger partial charge in [0.05, 0.1) is 16.5 Å². The van der Waals surface area contributed by atoms with E-state index in [1.54, 1.807) is 36.4 Å². The largest absolute Gasteiger partial charge is 0.493 e. The zero-order valence-electron chi connectivity index (χ0n) is 21.4. The van der Waals surface area contributed by atoms with Gasteiger partial charge in [0.1, 0.15) is 22.3 Å². The highest BCUT2D eigenvalue weighted by molar-refractivity contribution is 7.73. The molecule has 9 heteroatoms. The average molecular weight is 564 g/mol. The van der Waals surface area contributed by atoms with Crippen molar-refractivity contribution < 1.29 is 28.6 Å². The standard InChI is InChI=1S/C30H29NO6S2/c32-27-21-10-8-19(35-18-4-2-1-3-5-18)14-24(21)37-29(34)26(27)23-11-9-20(36-23)15-25-28(33)31(30(38)39-25)22-13-16-6-7-17(22)12-16/h8-11,14-18,22,33H,1-7,12-13H2. The number of benzene rings is 1. The molecule has 1 aromatic carbocycles. The fourth-order valence-corrected chi connectivity index (χ4v) is 8.18. The van der Waals surface area contributed by atoms with Crippen LogP contribution in [0.4, 0.5) is 0 Å². The minimum atomic E-state index is -0.760. The number of ether oxygens (including phenoxy) is 2. The van der Waals surface area contributed by atoms with Gasteiger partial charge in [0.25, 0.3) is 0 Å². The Kier molecular flexibility index (Phi) is 6.23. The van der Waals surface area contributed by atoms with Crippen molar-refractivity contribution in [2.45, 2.75) is 69.9 Å². The van der Waals surface area contributed by atoms with Gasteiger partial charge in [-0.15, -0.1) is 11.3 Å². The lowest BCUT2D eigenvalue weighted by Crippen LogP contribution is -2.29. The molecular weight excluding hydrogens is 534 g/mol. The third-order valence-corrected chi connectivity index (χ3v) is 10.0. The Bertz CT molecular complexity index is 1660. The van der Waals surface area contributed by atoms with Crippen LogP contribution in [-0.4, -0.2) is 27.5 Å². The van der Waals surface area contributed by atoms with E-state index in [0.29, 0.717) is 31.5 Å². The van der Waals surface area contributed by atoms with Gasteiger partial charge in [0.15, 0.2) is 9.53 Å². The van der Waals surface area contributed by atoms with Crippen LogP contribution in [0.15, 0.2) is 34.7 Å². The van der Waals surface area contributed by atoms with Crippen molar-refractivity contribution >= 4 is 47.0 Å². The lowest BCUT2D eigenvalue weighted by molar-refractivity contribution is -0.128. The molecule has 0 radical (unpaired) electrons. The topological polar surface area (TPSA) is 90.9 Å². The van der Waals surface area contributed by atoms with Gasteiger partial charge in [0, 0.05) is 18.2 Å². The van der Waals surface area contributed by atoms with E-state index >= 15 is 0 Å². The summed E-state index contributed by atoms with van der Waals surface area (Å²) in [5.74, 6) is 1.04. The van der Waals surface area contributed by atoms with Crippen LogP contribution in [0.25, 0.3) is 11.6 Å². The van der Waals surface area contributed by atoms with Gasteiger partial charge < -0.3 is 19.0 Å². The predicted octanol–water partition coefficient (Wildman–Crippen LogP) is 5.43. The normalized spacial score (nSPS) is 26.7. The highest BCUT2D eigenvalue weighted by atomic mass is 32.1. The molecule has 0 spiro atoms. The summed E-state index contributed by atoms with van der Waals surface area (Å²) in [4.78, 5) is 26.8. The van der Waals surface area contributed by atoms with Gasteiger partial charge in [0.2, 0.25) is 11.7 Å². The smallest absolute Gasteiger partial charge is 0.351 e. The maximum atomic E-state index is 13.3. The van der Waals surface area contributed by atoms with Crippen LogP contribution in [0, 0.1) is 15.8 Å². The first-order valence-corrected chi connectivity index (χ1v) is 15.0. The molecule has 1 aliphatic heterocycles. The van der Waals surface area contributed by atoms with Crippen LogP contribution in [0.3, 0.4) is 0 Å². The Balaban J connectivity index is 1.18. The number of thiazole rings is 1. The van der Waals surface area contributed by atoms with Crippen molar-refractivity contribution in [1.29, 1.82) is 0 Å². The van der Waals surface area contributed by atoms with Crippen molar-refractivity contribution in [3.63, 3.8) is 0 Å². The number of aromatic hydroxyl groups is 1. The zero-order chi connectivity index (χ0) is 26.7. The Hall–Kier alpha value is -3.17. The van der Waals surface area contributed by atoms with Crippen molar-refractivity contribution in [3.8, 4) is 17.4 Å². The summed E-state index contributed by atoms with van der Waals surface area (Å²) in [7, 11) is 0. The van der Waals surface area contributed by atoms with E-state index in [9.17, 15) is 14.7 Å². The van der Waals surface area contributed by atoms with E-state index < -0.39 is 11.8 Å². The second-order valence-electron chi connectivity index (χ2n) is 11.1. The second-order valence-corrected chi connectivity index (χ2v) is 12.8. The first kappa shape index (κ1) is 24.8. The van der Waals surface area contributed by atoms with E-state index in [0.717, 1.165) is 38.0 Å². The fourth-order valence-electron chi connectivity index (χ4n) is 6.82. The molecule has 3 atom stereocenters. The molecule has 3 saturated carbocycles. The number of Topliss-reactive ketones (excluding diaryl/α,β-unsaturated/α-hetero) is 1. The Labute approximate surface area is 234 Å². The average Bonchev–Trinajstić information content (AvgIpc) is 3.71. The Morgan fingerprint density at radius 3 is 2.67 bits per heavy atom. The SMILES string of the molecule is O=C1Oc2cc(OC3CCCCC3)ccc2C(=O)C1=c1ccc(=Cc2sc(=S)n(C3CC4CCC3C4)c2O)o1. The second kappa shape index (κ2) is 9.78. The molecule has 2 bridgehead atoms. The van der Waals surface area contributed by atoms with E-state index in [2.05, 4.69) is 0 Å². The van der Waals surface area contributed by atoms with Crippen LogP contribution in [0.5, 0.6) is 17.4 Å². The molecule has 7 rings (SSSR count). The van der Waals surface area contributed by atoms with E-state index in [1.807, 2.05) is 4.57 Å². The number of rotatable bonds is 4. The number of hydrogen-bond acceptors (Lipinski definition) is 8. The quantitative estimate of drug-likeness (QED) is 0.257. The van der Waals surface area contributed by atoms with E-state index in [1.165, 1.54) is 37.0 Å². The van der Waals surface area contributed by atoms with Gasteiger partial charge in [-0.05, 0) is 93.3 Å². The highest BCUT2D eigenvalue weighted by Crippen LogP contribution is 2.52. The Morgan fingerprint density at radius 2 is 1.90 bits per heavy atom. The van der Waals surface area contributed by atoms with Gasteiger partial charge in [-0.3, -0.25) is 9.36 Å². The van der Waals surface area contributed by atoms with Crippen LogP contribution < -0.4 is 20.3 Å². The first-order chi connectivity index (χ1) is 18.9.